The maximum absolute atomic E-state index is 12.4. The summed E-state index contributed by atoms with van der Waals surface area (Å²) in [5, 5.41) is 3.59. The number of nitrogens with zero attached hydrogens (tertiary/aromatic N) is 2. The van der Waals surface area contributed by atoms with Gasteiger partial charge in [0.1, 0.15) is 0 Å². The third kappa shape index (κ3) is 4.48. The summed E-state index contributed by atoms with van der Waals surface area (Å²) in [7, 11) is 0. The van der Waals surface area contributed by atoms with Crippen molar-refractivity contribution in [2.24, 2.45) is 0 Å². The number of morpholine rings is 1. The molecule has 3 heterocycles. The Hall–Kier alpha value is -1.80. The molecule has 0 aliphatic carbocycles. The monoisotopic (exact) mass is 373 g/mol. The van der Waals surface area contributed by atoms with Crippen LogP contribution in [0.15, 0.2) is 30.3 Å². The van der Waals surface area contributed by atoms with Gasteiger partial charge in [-0.25, -0.2) is 4.98 Å². The van der Waals surface area contributed by atoms with E-state index in [1.54, 1.807) is 0 Å². The Labute approximate surface area is 157 Å². The van der Waals surface area contributed by atoms with E-state index in [4.69, 9.17) is 9.47 Å². The van der Waals surface area contributed by atoms with Crippen LogP contribution in [0.1, 0.15) is 22.6 Å². The van der Waals surface area contributed by atoms with Gasteiger partial charge in [0, 0.05) is 26.1 Å². The minimum atomic E-state index is -0.0783. The topological polar surface area (TPSA) is 63.7 Å². The van der Waals surface area contributed by atoms with E-state index in [9.17, 15) is 4.79 Å². The van der Waals surface area contributed by atoms with Crippen molar-refractivity contribution in [3.63, 3.8) is 0 Å². The number of carbonyl (C=O) groups is 1. The van der Waals surface area contributed by atoms with Gasteiger partial charge in [-0.2, -0.15) is 0 Å². The number of carbonyl (C=O) groups excluding carboxylic acids is 1. The van der Waals surface area contributed by atoms with E-state index >= 15 is 0 Å². The smallest absolute Gasteiger partial charge is 0.228 e. The molecule has 1 amide bonds. The molecule has 1 fully saturated rings. The molecule has 1 atom stereocenters. The highest BCUT2D eigenvalue weighted by Crippen LogP contribution is 2.27. The maximum Gasteiger partial charge on any atom is 0.228 e. The Balaban J connectivity index is 1.29. The first kappa shape index (κ1) is 17.6. The van der Waals surface area contributed by atoms with Crippen LogP contribution >= 0.6 is 11.3 Å². The second-order valence-corrected chi connectivity index (χ2v) is 7.74. The molecule has 138 valence electrons. The molecule has 1 saturated heterocycles. The van der Waals surface area contributed by atoms with E-state index in [1.807, 2.05) is 6.07 Å². The van der Waals surface area contributed by atoms with E-state index in [-0.39, 0.29) is 12.0 Å². The second-order valence-electron chi connectivity index (χ2n) is 6.66. The number of thiazole rings is 1. The number of amides is 1. The van der Waals surface area contributed by atoms with Gasteiger partial charge < -0.3 is 14.8 Å². The zero-order valence-electron chi connectivity index (χ0n) is 14.6. The van der Waals surface area contributed by atoms with Crippen molar-refractivity contribution in [3.05, 3.63) is 46.5 Å². The van der Waals surface area contributed by atoms with Crippen LogP contribution in [0.2, 0.25) is 0 Å². The molecule has 1 N–H and O–H groups in total. The fourth-order valence-electron chi connectivity index (χ4n) is 3.34. The van der Waals surface area contributed by atoms with E-state index in [2.05, 4.69) is 39.5 Å². The van der Waals surface area contributed by atoms with Gasteiger partial charge in [-0.15, -0.1) is 0 Å². The highest BCUT2D eigenvalue weighted by atomic mass is 32.1. The number of ether oxygens (including phenoxy) is 2. The Kier molecular flexibility index (Phi) is 5.59. The third-order valence-corrected chi connectivity index (χ3v) is 5.61. The minimum Gasteiger partial charge on any atom is -0.375 e. The zero-order chi connectivity index (χ0) is 17.8. The molecule has 2 aliphatic rings. The highest BCUT2D eigenvalue weighted by Gasteiger charge is 2.24. The Morgan fingerprint density at radius 1 is 1.31 bits per heavy atom. The largest absolute Gasteiger partial charge is 0.375 e. The predicted octanol–water partition coefficient (Wildman–Crippen LogP) is 2.45. The number of anilines is 1. The van der Waals surface area contributed by atoms with Crippen LogP contribution in [0.3, 0.4) is 0 Å². The first-order valence-corrected chi connectivity index (χ1v) is 9.82. The summed E-state index contributed by atoms with van der Waals surface area (Å²) in [6.45, 7) is 4.52. The Morgan fingerprint density at radius 3 is 3.04 bits per heavy atom. The lowest BCUT2D eigenvalue weighted by molar-refractivity contribution is -0.121. The quantitative estimate of drug-likeness (QED) is 0.872. The lowest BCUT2D eigenvalue weighted by Gasteiger charge is -2.32. The van der Waals surface area contributed by atoms with Crippen molar-refractivity contribution < 1.29 is 14.3 Å². The first-order valence-electron chi connectivity index (χ1n) is 9.00. The molecule has 26 heavy (non-hydrogen) atoms. The number of hydrogen-bond donors (Lipinski definition) is 1. The molecule has 2 aromatic rings. The summed E-state index contributed by atoms with van der Waals surface area (Å²) in [6.07, 6.45) is 1.10. The summed E-state index contributed by atoms with van der Waals surface area (Å²) in [6, 6.07) is 10.4. The van der Waals surface area contributed by atoms with Crippen LogP contribution in [0.4, 0.5) is 5.13 Å². The number of benzene rings is 1. The van der Waals surface area contributed by atoms with Crippen LogP contribution < -0.4 is 5.32 Å². The molecule has 4 rings (SSSR count). The second kappa shape index (κ2) is 8.26. The van der Waals surface area contributed by atoms with Crippen LogP contribution in [-0.4, -0.2) is 48.2 Å². The number of fused-ring (bicyclic) bond motifs is 1. The summed E-state index contributed by atoms with van der Waals surface area (Å²) < 4.78 is 11.2. The molecule has 0 unspecified atom stereocenters. The summed E-state index contributed by atoms with van der Waals surface area (Å²) >= 11 is 1.51. The van der Waals surface area contributed by atoms with E-state index < -0.39 is 0 Å². The summed E-state index contributed by atoms with van der Waals surface area (Å²) in [4.78, 5) is 20.4. The number of rotatable bonds is 5. The Bertz CT molecular complexity index is 726. The van der Waals surface area contributed by atoms with Gasteiger partial charge in [0.15, 0.2) is 5.13 Å². The van der Waals surface area contributed by atoms with Gasteiger partial charge in [0.25, 0.3) is 0 Å². The van der Waals surface area contributed by atoms with Gasteiger partial charge in [0.05, 0.1) is 42.9 Å². The van der Waals surface area contributed by atoms with E-state index in [0.29, 0.717) is 31.4 Å². The fourth-order valence-corrected chi connectivity index (χ4v) is 4.31. The average molecular weight is 373 g/mol. The molecule has 6 nitrogen and oxygen atoms in total. The van der Waals surface area contributed by atoms with Gasteiger partial charge in [-0.1, -0.05) is 41.7 Å². The molecule has 0 spiro atoms. The van der Waals surface area contributed by atoms with E-state index in [1.165, 1.54) is 16.9 Å². The van der Waals surface area contributed by atoms with Crippen molar-refractivity contribution in [1.82, 2.24) is 9.88 Å². The number of hydrogen-bond acceptors (Lipinski definition) is 6. The van der Waals surface area contributed by atoms with Crippen molar-refractivity contribution in [1.29, 1.82) is 0 Å². The van der Waals surface area contributed by atoms with Crippen LogP contribution in [0.25, 0.3) is 0 Å². The van der Waals surface area contributed by atoms with Gasteiger partial charge in [0.2, 0.25) is 5.91 Å². The molecule has 1 aromatic carbocycles. The van der Waals surface area contributed by atoms with Crippen LogP contribution in [0.5, 0.6) is 0 Å². The van der Waals surface area contributed by atoms with Crippen molar-refractivity contribution in [2.45, 2.75) is 32.1 Å². The molecular formula is C19H23N3O3S. The lowest BCUT2D eigenvalue weighted by Crippen LogP contribution is -2.43. The van der Waals surface area contributed by atoms with Crippen LogP contribution in [0, 0.1) is 0 Å². The lowest BCUT2D eigenvalue weighted by atomic mass is 10.1. The molecule has 7 heteroatoms. The molecular weight excluding hydrogens is 350 g/mol. The maximum atomic E-state index is 12.4. The van der Waals surface area contributed by atoms with Crippen molar-refractivity contribution in [3.8, 4) is 0 Å². The highest BCUT2D eigenvalue weighted by molar-refractivity contribution is 7.15. The summed E-state index contributed by atoms with van der Waals surface area (Å²) in [5.74, 6) is -0.0384. The zero-order valence-corrected chi connectivity index (χ0v) is 15.5. The SMILES string of the molecule is O=C(C[C@H]1CN(Cc2ccccc2)CCO1)Nc1nc2c(s1)COCC2. The van der Waals surface area contributed by atoms with Gasteiger partial charge in [-0.3, -0.25) is 9.69 Å². The average Bonchev–Trinajstić information content (AvgIpc) is 3.05. The van der Waals surface area contributed by atoms with E-state index in [0.717, 1.165) is 36.6 Å². The molecule has 1 aromatic heterocycles. The number of aromatic nitrogens is 1. The first-order chi connectivity index (χ1) is 12.8. The van der Waals surface area contributed by atoms with Gasteiger partial charge in [-0.05, 0) is 5.56 Å². The predicted molar refractivity (Wildman–Crippen MR) is 100 cm³/mol. The van der Waals surface area contributed by atoms with Crippen LogP contribution in [-0.2, 0) is 33.8 Å². The molecule has 0 bridgehead atoms. The molecule has 0 radical (unpaired) electrons. The van der Waals surface area contributed by atoms with Gasteiger partial charge >= 0.3 is 0 Å². The summed E-state index contributed by atoms with van der Waals surface area (Å²) in [5.41, 5.74) is 2.34. The van der Waals surface area contributed by atoms with Crippen molar-refractivity contribution in [2.75, 3.05) is 31.6 Å². The normalized spacial score (nSPS) is 20.5. The standard InChI is InChI=1S/C19H23N3O3S/c23-18(21-19-20-16-6-8-24-13-17(16)26-19)10-15-12-22(7-9-25-15)11-14-4-2-1-3-5-14/h1-5,15H,6-13H2,(H,20,21,23)/t15-/m0/s1. The number of nitrogens with one attached hydrogen (secondary N) is 1. The fraction of sp³-hybridized carbons (Fsp3) is 0.474. The van der Waals surface area contributed by atoms with Crippen molar-refractivity contribution >= 4 is 22.4 Å². The molecule has 2 aliphatic heterocycles. The Morgan fingerprint density at radius 2 is 2.19 bits per heavy atom. The molecule has 0 saturated carbocycles. The minimum absolute atomic E-state index is 0.0384. The third-order valence-electron chi connectivity index (χ3n) is 4.63.